The van der Waals surface area contributed by atoms with Crippen LogP contribution < -0.4 is 14.8 Å². The molecular formula is C28H33NO3. The minimum Gasteiger partial charge on any atom is -0.490 e. The number of ether oxygens (including phenoxy) is 2. The number of rotatable bonds is 9. The normalized spacial score (nSPS) is 11.0. The fourth-order valence-corrected chi connectivity index (χ4v) is 3.54. The monoisotopic (exact) mass is 431 g/mol. The van der Waals surface area contributed by atoms with E-state index in [4.69, 9.17) is 9.47 Å². The van der Waals surface area contributed by atoms with E-state index in [1.54, 1.807) is 12.1 Å². The molecule has 0 heterocycles. The molecule has 4 heteroatoms. The van der Waals surface area contributed by atoms with Gasteiger partial charge in [0.05, 0.1) is 0 Å². The van der Waals surface area contributed by atoms with Crippen LogP contribution in [0.25, 0.3) is 0 Å². The van der Waals surface area contributed by atoms with Crippen LogP contribution in [0.5, 0.6) is 11.5 Å². The van der Waals surface area contributed by atoms with Crippen LogP contribution in [0.4, 0.5) is 5.69 Å². The second kappa shape index (κ2) is 10.9. The van der Waals surface area contributed by atoms with Crippen LogP contribution in [0.2, 0.25) is 0 Å². The quantitative estimate of drug-likeness (QED) is 0.373. The van der Waals surface area contributed by atoms with Gasteiger partial charge in [0, 0.05) is 11.3 Å². The molecule has 0 aliphatic heterocycles. The largest absolute Gasteiger partial charge is 0.490 e. The summed E-state index contributed by atoms with van der Waals surface area (Å²) in [5.41, 5.74) is 5.03. The standard InChI is InChI=1S/C28H33NO3/c1-19(2)25-7-6-8-26(20(3)4)27(25)29-28(30)22-11-15-24(16-12-22)32-18-17-31-23-13-9-21(5)10-14-23/h6-16,19-20H,17-18H2,1-5H3,(H,29,30). The van der Waals surface area contributed by atoms with E-state index in [1.807, 2.05) is 43.3 Å². The molecule has 0 bridgehead atoms. The van der Waals surface area contributed by atoms with Gasteiger partial charge in [0.1, 0.15) is 24.7 Å². The van der Waals surface area contributed by atoms with Gasteiger partial charge >= 0.3 is 0 Å². The van der Waals surface area contributed by atoms with Gasteiger partial charge in [-0.1, -0.05) is 63.6 Å². The summed E-state index contributed by atoms with van der Waals surface area (Å²) < 4.78 is 11.4. The molecule has 4 nitrogen and oxygen atoms in total. The second-order valence-electron chi connectivity index (χ2n) is 8.61. The summed E-state index contributed by atoms with van der Waals surface area (Å²) in [5.74, 6) is 2.06. The molecule has 0 aromatic heterocycles. The number of carbonyl (C=O) groups is 1. The lowest BCUT2D eigenvalue weighted by Gasteiger charge is -2.20. The first-order valence-electron chi connectivity index (χ1n) is 11.2. The van der Waals surface area contributed by atoms with Crippen LogP contribution in [0.15, 0.2) is 66.7 Å². The SMILES string of the molecule is Cc1ccc(OCCOc2ccc(C(=O)Nc3c(C(C)C)cccc3C(C)C)cc2)cc1. The predicted molar refractivity (Wildman–Crippen MR) is 131 cm³/mol. The first-order valence-corrected chi connectivity index (χ1v) is 11.2. The summed E-state index contributed by atoms with van der Waals surface area (Å²) in [6.45, 7) is 11.5. The van der Waals surface area contributed by atoms with Crippen molar-refractivity contribution in [1.82, 2.24) is 0 Å². The van der Waals surface area contributed by atoms with Crippen molar-refractivity contribution in [2.24, 2.45) is 0 Å². The number of aryl methyl sites for hydroxylation is 1. The van der Waals surface area contributed by atoms with Crippen molar-refractivity contribution < 1.29 is 14.3 Å². The topological polar surface area (TPSA) is 47.6 Å². The molecule has 0 saturated carbocycles. The van der Waals surface area contributed by atoms with Crippen LogP contribution in [0.3, 0.4) is 0 Å². The van der Waals surface area contributed by atoms with Crippen molar-refractivity contribution in [2.75, 3.05) is 18.5 Å². The summed E-state index contributed by atoms with van der Waals surface area (Å²) in [6, 6.07) is 21.4. The van der Waals surface area contributed by atoms with Crippen molar-refractivity contribution in [2.45, 2.75) is 46.5 Å². The summed E-state index contributed by atoms with van der Waals surface area (Å²) in [7, 11) is 0. The van der Waals surface area contributed by atoms with E-state index in [0.717, 1.165) is 22.6 Å². The Morgan fingerprint density at radius 2 is 1.22 bits per heavy atom. The highest BCUT2D eigenvalue weighted by molar-refractivity contribution is 6.05. The number of hydrogen-bond acceptors (Lipinski definition) is 3. The molecule has 0 fully saturated rings. The number of benzene rings is 3. The van der Waals surface area contributed by atoms with Gasteiger partial charge in [0.15, 0.2) is 0 Å². The first kappa shape index (κ1) is 23.4. The van der Waals surface area contributed by atoms with E-state index in [2.05, 4.69) is 51.2 Å². The Labute approximate surface area is 191 Å². The molecule has 0 unspecified atom stereocenters. The van der Waals surface area contributed by atoms with E-state index in [-0.39, 0.29) is 5.91 Å². The second-order valence-corrected chi connectivity index (χ2v) is 8.61. The van der Waals surface area contributed by atoms with Crippen molar-refractivity contribution in [3.05, 3.63) is 89.0 Å². The molecule has 1 amide bonds. The van der Waals surface area contributed by atoms with Crippen LogP contribution in [0, 0.1) is 6.92 Å². The van der Waals surface area contributed by atoms with E-state index in [0.29, 0.717) is 36.4 Å². The number of amides is 1. The Balaban J connectivity index is 1.59. The fourth-order valence-electron chi connectivity index (χ4n) is 3.54. The summed E-state index contributed by atoms with van der Waals surface area (Å²) in [4.78, 5) is 12.9. The molecule has 0 aliphatic rings. The molecule has 0 saturated heterocycles. The molecule has 0 aliphatic carbocycles. The van der Waals surface area contributed by atoms with Gasteiger partial charge < -0.3 is 14.8 Å². The van der Waals surface area contributed by atoms with Crippen LogP contribution >= 0.6 is 0 Å². The Kier molecular flexibility index (Phi) is 7.93. The predicted octanol–water partition coefficient (Wildman–Crippen LogP) is 6.95. The molecule has 0 atom stereocenters. The Morgan fingerprint density at radius 1 is 0.750 bits per heavy atom. The molecule has 1 N–H and O–H groups in total. The molecule has 3 aromatic carbocycles. The Bertz CT molecular complexity index is 995. The van der Waals surface area contributed by atoms with Crippen LogP contribution in [-0.4, -0.2) is 19.1 Å². The zero-order valence-corrected chi connectivity index (χ0v) is 19.6. The molecule has 32 heavy (non-hydrogen) atoms. The third kappa shape index (κ3) is 6.13. The lowest BCUT2D eigenvalue weighted by atomic mass is 9.92. The maximum atomic E-state index is 12.9. The zero-order chi connectivity index (χ0) is 23.1. The molecular weight excluding hydrogens is 398 g/mol. The van der Waals surface area contributed by atoms with Gasteiger partial charge in [-0.25, -0.2) is 0 Å². The average Bonchev–Trinajstić information content (AvgIpc) is 2.78. The zero-order valence-electron chi connectivity index (χ0n) is 19.6. The lowest BCUT2D eigenvalue weighted by Crippen LogP contribution is -2.16. The van der Waals surface area contributed by atoms with Crippen LogP contribution in [0.1, 0.15) is 66.6 Å². The number of carbonyl (C=O) groups excluding carboxylic acids is 1. The minimum atomic E-state index is -0.116. The van der Waals surface area contributed by atoms with Crippen molar-refractivity contribution in [3.8, 4) is 11.5 Å². The Hall–Kier alpha value is -3.27. The average molecular weight is 432 g/mol. The third-order valence-electron chi connectivity index (χ3n) is 5.37. The highest BCUT2D eigenvalue weighted by Crippen LogP contribution is 2.32. The van der Waals surface area contributed by atoms with E-state index < -0.39 is 0 Å². The molecule has 3 aromatic rings. The van der Waals surface area contributed by atoms with E-state index >= 15 is 0 Å². The molecule has 0 radical (unpaired) electrons. The molecule has 0 spiro atoms. The van der Waals surface area contributed by atoms with Crippen molar-refractivity contribution >= 4 is 11.6 Å². The van der Waals surface area contributed by atoms with Gasteiger partial charge in [-0.3, -0.25) is 4.79 Å². The van der Waals surface area contributed by atoms with Gasteiger partial charge in [0.2, 0.25) is 0 Å². The van der Waals surface area contributed by atoms with Gasteiger partial charge in [-0.15, -0.1) is 0 Å². The summed E-state index contributed by atoms with van der Waals surface area (Å²) in [5, 5.41) is 3.15. The molecule has 168 valence electrons. The van der Waals surface area contributed by atoms with Gasteiger partial charge in [-0.05, 0) is 66.3 Å². The smallest absolute Gasteiger partial charge is 0.255 e. The van der Waals surface area contributed by atoms with E-state index in [1.165, 1.54) is 5.56 Å². The highest BCUT2D eigenvalue weighted by atomic mass is 16.5. The van der Waals surface area contributed by atoms with Crippen molar-refractivity contribution in [3.63, 3.8) is 0 Å². The number of hydrogen-bond donors (Lipinski definition) is 1. The summed E-state index contributed by atoms with van der Waals surface area (Å²) >= 11 is 0. The maximum absolute atomic E-state index is 12.9. The van der Waals surface area contributed by atoms with Crippen molar-refractivity contribution in [1.29, 1.82) is 0 Å². The minimum absolute atomic E-state index is 0.116. The van der Waals surface area contributed by atoms with E-state index in [9.17, 15) is 4.79 Å². The number of nitrogens with one attached hydrogen (secondary N) is 1. The third-order valence-corrected chi connectivity index (χ3v) is 5.37. The highest BCUT2D eigenvalue weighted by Gasteiger charge is 2.16. The van der Waals surface area contributed by atoms with Gasteiger partial charge in [0.25, 0.3) is 5.91 Å². The number of anilines is 1. The number of para-hydroxylation sites is 1. The van der Waals surface area contributed by atoms with Gasteiger partial charge in [-0.2, -0.15) is 0 Å². The summed E-state index contributed by atoms with van der Waals surface area (Å²) in [6.07, 6.45) is 0. The molecule has 3 rings (SSSR count). The fraction of sp³-hybridized carbons (Fsp3) is 0.321. The van der Waals surface area contributed by atoms with Crippen LogP contribution in [-0.2, 0) is 0 Å². The Morgan fingerprint density at radius 3 is 1.69 bits per heavy atom. The first-order chi connectivity index (χ1) is 15.3. The maximum Gasteiger partial charge on any atom is 0.255 e. The lowest BCUT2D eigenvalue weighted by molar-refractivity contribution is 0.102.